The average molecular weight is 535 g/mol. The lowest BCUT2D eigenvalue weighted by molar-refractivity contribution is 0.102. The number of hydrogen-bond acceptors (Lipinski definition) is 10. The molecule has 2 aromatic heterocycles. The van der Waals surface area contributed by atoms with Crippen molar-refractivity contribution in [2.45, 2.75) is 18.7 Å². The topological polar surface area (TPSA) is 151 Å². The van der Waals surface area contributed by atoms with Crippen LogP contribution in [0.4, 0.5) is 5.69 Å². The summed E-state index contributed by atoms with van der Waals surface area (Å²) in [4.78, 5) is 18.9. The standard InChI is InChI=1S/C25H22N6O4S2/c1-14-22(24(32)29-17-6-5-7-18(11-17)37(4,27)33)25(31-30-23(14)21-13-28-15(2)36-21)35-19-9-8-16(12-26)10-20(19)34-3/h5-11,13,27H,1-4H3,(H,29,32). The van der Waals surface area contributed by atoms with E-state index in [2.05, 4.69) is 20.5 Å². The van der Waals surface area contributed by atoms with Crippen molar-refractivity contribution in [2.75, 3.05) is 18.7 Å². The van der Waals surface area contributed by atoms with Gasteiger partial charge in [0.05, 0.1) is 38.4 Å². The van der Waals surface area contributed by atoms with Crippen LogP contribution in [-0.2, 0) is 9.73 Å². The lowest BCUT2D eigenvalue weighted by atomic mass is 10.1. The van der Waals surface area contributed by atoms with E-state index in [4.69, 9.17) is 14.3 Å². The molecular weight excluding hydrogens is 512 g/mol. The smallest absolute Gasteiger partial charge is 0.261 e. The third-order valence-corrected chi connectivity index (χ3v) is 7.38. The molecule has 188 valence electrons. The van der Waals surface area contributed by atoms with E-state index < -0.39 is 15.6 Å². The normalized spacial score (nSPS) is 12.3. The fraction of sp³-hybridized carbons (Fsp3) is 0.160. The van der Waals surface area contributed by atoms with Gasteiger partial charge >= 0.3 is 0 Å². The Morgan fingerprint density at radius 2 is 1.95 bits per heavy atom. The molecule has 0 aliphatic heterocycles. The van der Waals surface area contributed by atoms with Gasteiger partial charge in [-0.2, -0.15) is 5.26 Å². The molecule has 12 heteroatoms. The van der Waals surface area contributed by atoms with Gasteiger partial charge in [0.15, 0.2) is 11.5 Å². The van der Waals surface area contributed by atoms with Crippen LogP contribution in [0.25, 0.3) is 10.6 Å². The number of nitrogens with zero attached hydrogens (tertiary/aromatic N) is 4. The van der Waals surface area contributed by atoms with Crippen molar-refractivity contribution in [3.63, 3.8) is 0 Å². The molecule has 0 aliphatic carbocycles. The minimum atomic E-state index is -2.98. The second kappa shape index (κ2) is 10.3. The molecule has 1 unspecified atom stereocenters. The summed E-state index contributed by atoms with van der Waals surface area (Å²) in [7, 11) is -1.54. The van der Waals surface area contributed by atoms with Crippen molar-refractivity contribution in [2.24, 2.45) is 0 Å². The van der Waals surface area contributed by atoms with Crippen molar-refractivity contribution in [1.29, 1.82) is 10.0 Å². The van der Waals surface area contributed by atoms with E-state index in [-0.39, 0.29) is 27.8 Å². The van der Waals surface area contributed by atoms with Crippen molar-refractivity contribution in [3.05, 3.63) is 70.4 Å². The van der Waals surface area contributed by atoms with Crippen LogP contribution in [0.5, 0.6) is 17.4 Å². The Labute approximate surface area is 217 Å². The number of aryl methyl sites for hydroxylation is 1. The van der Waals surface area contributed by atoms with Gasteiger partial charge in [-0.15, -0.1) is 21.5 Å². The van der Waals surface area contributed by atoms with E-state index in [1.807, 2.05) is 13.0 Å². The summed E-state index contributed by atoms with van der Waals surface area (Å²) in [5, 5.41) is 21.3. The van der Waals surface area contributed by atoms with Gasteiger partial charge in [0.25, 0.3) is 11.8 Å². The molecule has 0 spiro atoms. The SMILES string of the molecule is COc1cc(C#N)ccc1Oc1nnc(-c2cnc(C)s2)c(C)c1C(=O)Nc1cccc(S(C)(=N)=O)c1. The summed E-state index contributed by atoms with van der Waals surface area (Å²) in [5.41, 5.74) is 1.84. The quantitative estimate of drug-likeness (QED) is 0.329. The predicted molar refractivity (Wildman–Crippen MR) is 140 cm³/mol. The lowest BCUT2D eigenvalue weighted by Crippen LogP contribution is -2.17. The van der Waals surface area contributed by atoms with Crippen molar-refractivity contribution in [1.82, 2.24) is 15.2 Å². The highest BCUT2D eigenvalue weighted by molar-refractivity contribution is 7.91. The van der Waals surface area contributed by atoms with Crippen LogP contribution in [0.2, 0.25) is 0 Å². The molecule has 0 bridgehead atoms. The molecule has 37 heavy (non-hydrogen) atoms. The number of ether oxygens (including phenoxy) is 2. The van der Waals surface area contributed by atoms with Gasteiger partial charge < -0.3 is 14.8 Å². The molecule has 2 heterocycles. The molecule has 0 saturated carbocycles. The Bertz CT molecular complexity index is 1660. The third-order valence-electron chi connectivity index (χ3n) is 5.31. The van der Waals surface area contributed by atoms with E-state index >= 15 is 0 Å². The summed E-state index contributed by atoms with van der Waals surface area (Å²) in [5.74, 6) is -0.0819. The van der Waals surface area contributed by atoms with E-state index in [1.165, 1.54) is 36.8 Å². The second-order valence-electron chi connectivity index (χ2n) is 8.00. The van der Waals surface area contributed by atoms with Crippen LogP contribution in [0.1, 0.15) is 26.5 Å². The molecule has 1 atom stereocenters. The van der Waals surface area contributed by atoms with Gasteiger partial charge in [-0.3, -0.25) is 4.79 Å². The Kier molecular flexibility index (Phi) is 7.19. The number of amides is 1. The number of aromatic nitrogens is 3. The molecule has 4 aromatic rings. The van der Waals surface area contributed by atoms with E-state index in [9.17, 15) is 14.3 Å². The van der Waals surface area contributed by atoms with Crippen molar-refractivity contribution in [3.8, 4) is 34.0 Å². The molecule has 0 fully saturated rings. The van der Waals surface area contributed by atoms with Gasteiger partial charge in [-0.25, -0.2) is 14.0 Å². The zero-order valence-electron chi connectivity index (χ0n) is 20.4. The van der Waals surface area contributed by atoms with E-state index in [1.54, 1.807) is 43.5 Å². The fourth-order valence-corrected chi connectivity index (χ4v) is 4.99. The summed E-state index contributed by atoms with van der Waals surface area (Å²) in [6.07, 6.45) is 2.98. The number of nitrogens with one attached hydrogen (secondary N) is 2. The van der Waals surface area contributed by atoms with Crippen LogP contribution >= 0.6 is 11.3 Å². The fourth-order valence-electron chi connectivity index (χ4n) is 3.48. The van der Waals surface area contributed by atoms with Crippen LogP contribution in [0.3, 0.4) is 0 Å². The zero-order valence-corrected chi connectivity index (χ0v) is 22.0. The highest BCUT2D eigenvalue weighted by Gasteiger charge is 2.24. The second-order valence-corrected chi connectivity index (χ2v) is 11.4. The molecule has 10 nitrogen and oxygen atoms in total. The van der Waals surface area contributed by atoms with Crippen LogP contribution in [0.15, 0.2) is 53.6 Å². The molecule has 0 radical (unpaired) electrons. The highest BCUT2D eigenvalue weighted by Crippen LogP contribution is 2.36. The average Bonchev–Trinajstić information content (AvgIpc) is 3.29. The molecular formula is C25H22N6O4S2. The predicted octanol–water partition coefficient (Wildman–Crippen LogP) is 5.18. The third kappa shape index (κ3) is 5.58. The Balaban J connectivity index is 1.80. The first-order chi connectivity index (χ1) is 17.6. The van der Waals surface area contributed by atoms with Crippen molar-refractivity contribution < 1.29 is 18.5 Å². The molecule has 0 saturated heterocycles. The maximum atomic E-state index is 13.6. The van der Waals surface area contributed by atoms with E-state index in [0.29, 0.717) is 22.5 Å². The molecule has 1 amide bonds. The van der Waals surface area contributed by atoms with Gasteiger partial charge in [0.2, 0.25) is 0 Å². The number of carbonyl (C=O) groups is 1. The summed E-state index contributed by atoms with van der Waals surface area (Å²) >= 11 is 1.41. The number of nitriles is 1. The largest absolute Gasteiger partial charge is 0.493 e. The number of hydrogen-bond donors (Lipinski definition) is 2. The Hall–Kier alpha value is -4.34. The number of methoxy groups -OCH3 is 1. The highest BCUT2D eigenvalue weighted by atomic mass is 32.2. The summed E-state index contributed by atoms with van der Waals surface area (Å²) in [6, 6.07) is 13.0. The molecule has 4 rings (SSSR count). The first kappa shape index (κ1) is 25.7. The number of anilines is 1. The molecule has 0 aliphatic rings. The first-order valence-electron chi connectivity index (χ1n) is 10.8. The zero-order chi connectivity index (χ0) is 26.7. The van der Waals surface area contributed by atoms with Gasteiger partial charge in [-0.05, 0) is 49.7 Å². The number of carbonyl (C=O) groups excluding carboxylic acids is 1. The van der Waals surface area contributed by atoms with Gasteiger partial charge in [0, 0.05) is 29.1 Å². The summed E-state index contributed by atoms with van der Waals surface area (Å²) < 4.78 is 31.4. The number of benzene rings is 2. The number of thiazole rings is 1. The minimum Gasteiger partial charge on any atom is -0.493 e. The lowest BCUT2D eigenvalue weighted by Gasteiger charge is -2.16. The van der Waals surface area contributed by atoms with Crippen LogP contribution in [0, 0.1) is 30.0 Å². The maximum Gasteiger partial charge on any atom is 0.261 e. The van der Waals surface area contributed by atoms with Crippen LogP contribution in [-0.4, -0.2) is 38.7 Å². The molecule has 2 aromatic carbocycles. The molecule has 2 N–H and O–H groups in total. The monoisotopic (exact) mass is 534 g/mol. The van der Waals surface area contributed by atoms with Gasteiger partial charge in [-0.1, -0.05) is 6.07 Å². The maximum absolute atomic E-state index is 13.6. The Morgan fingerprint density at radius 3 is 2.59 bits per heavy atom. The minimum absolute atomic E-state index is 0.0704. The summed E-state index contributed by atoms with van der Waals surface area (Å²) in [6.45, 7) is 3.60. The van der Waals surface area contributed by atoms with E-state index in [0.717, 1.165) is 9.88 Å². The Morgan fingerprint density at radius 1 is 1.16 bits per heavy atom. The number of rotatable bonds is 7. The van der Waals surface area contributed by atoms with Crippen molar-refractivity contribution >= 4 is 32.7 Å². The van der Waals surface area contributed by atoms with Crippen LogP contribution < -0.4 is 14.8 Å². The first-order valence-corrected chi connectivity index (χ1v) is 13.6. The van der Waals surface area contributed by atoms with Gasteiger partial charge in [0.1, 0.15) is 11.3 Å².